The molecular weight excluding hydrogens is 327 g/mol. The Bertz CT molecular complexity index is 670. The highest BCUT2D eigenvalue weighted by Gasteiger charge is 2.15. The second-order valence-corrected chi connectivity index (χ2v) is 6.50. The first-order valence-corrected chi connectivity index (χ1v) is 7.31. The van der Waals surface area contributed by atoms with Crippen molar-refractivity contribution in [1.82, 2.24) is 4.98 Å². The van der Waals surface area contributed by atoms with Crippen molar-refractivity contribution in [3.63, 3.8) is 0 Å². The Balaban J connectivity index is 2.11. The van der Waals surface area contributed by atoms with Crippen LogP contribution >= 0.6 is 45.9 Å². The number of nitrogens with zero attached hydrogens (tertiary/aromatic N) is 1. The first-order chi connectivity index (χ1) is 9.10. The molecule has 19 heavy (non-hydrogen) atoms. The van der Waals surface area contributed by atoms with E-state index in [9.17, 15) is 4.79 Å². The molecule has 0 unspecified atom stereocenters. The Morgan fingerprint density at radius 1 is 1.47 bits per heavy atom. The standard InChI is InChI=1S/C11H6Cl2N2O2S2/c12-8-4-7(9(13)19-8)10(17)15-11-14-5-6(18-11)2-1-3-16/h4-5,16H,3H2,(H,14,15,17). The molecule has 0 aliphatic rings. The quantitative estimate of drug-likeness (QED) is 0.830. The molecule has 2 rings (SSSR count). The fraction of sp³-hybridized carbons (Fsp3) is 0.0909. The third kappa shape index (κ3) is 3.69. The van der Waals surface area contributed by atoms with Gasteiger partial charge >= 0.3 is 0 Å². The van der Waals surface area contributed by atoms with Crippen molar-refractivity contribution in [3.8, 4) is 11.8 Å². The lowest BCUT2D eigenvalue weighted by Crippen LogP contribution is -2.10. The van der Waals surface area contributed by atoms with Gasteiger partial charge in [0, 0.05) is 0 Å². The average molecular weight is 333 g/mol. The number of hydrogen-bond donors (Lipinski definition) is 2. The van der Waals surface area contributed by atoms with E-state index < -0.39 is 0 Å². The van der Waals surface area contributed by atoms with Crippen LogP contribution in [-0.4, -0.2) is 22.6 Å². The zero-order chi connectivity index (χ0) is 13.8. The Labute approximate surface area is 127 Å². The van der Waals surface area contributed by atoms with Crippen LogP contribution in [0.15, 0.2) is 12.3 Å². The molecule has 0 aliphatic carbocycles. The van der Waals surface area contributed by atoms with E-state index in [0.29, 0.717) is 24.2 Å². The maximum atomic E-state index is 11.9. The van der Waals surface area contributed by atoms with Gasteiger partial charge in [0.25, 0.3) is 5.91 Å². The van der Waals surface area contributed by atoms with Crippen LogP contribution in [-0.2, 0) is 0 Å². The van der Waals surface area contributed by atoms with Gasteiger partial charge in [-0.15, -0.1) is 11.3 Å². The number of aliphatic hydroxyl groups excluding tert-OH is 1. The zero-order valence-corrected chi connectivity index (χ0v) is 12.4. The van der Waals surface area contributed by atoms with Crippen molar-refractivity contribution >= 4 is 56.9 Å². The fourth-order valence-electron chi connectivity index (χ4n) is 1.18. The SMILES string of the molecule is O=C(Nc1ncc(C#CCO)s1)c1cc(Cl)sc1Cl. The summed E-state index contributed by atoms with van der Waals surface area (Å²) in [5, 5.41) is 11.6. The molecule has 0 fully saturated rings. The number of aliphatic hydroxyl groups is 1. The molecular formula is C11H6Cl2N2O2S2. The van der Waals surface area contributed by atoms with Crippen LogP contribution in [0, 0.1) is 11.8 Å². The van der Waals surface area contributed by atoms with Gasteiger partial charge in [-0.3, -0.25) is 10.1 Å². The lowest BCUT2D eigenvalue weighted by molar-refractivity contribution is 0.102. The van der Waals surface area contributed by atoms with E-state index in [1.165, 1.54) is 23.6 Å². The average Bonchev–Trinajstić information content (AvgIpc) is 2.93. The van der Waals surface area contributed by atoms with Crippen LogP contribution in [0.25, 0.3) is 0 Å². The maximum absolute atomic E-state index is 11.9. The minimum atomic E-state index is -0.371. The van der Waals surface area contributed by atoms with Gasteiger partial charge in [-0.2, -0.15) is 0 Å². The molecule has 2 heterocycles. The van der Waals surface area contributed by atoms with Crippen molar-refractivity contribution in [2.24, 2.45) is 0 Å². The van der Waals surface area contributed by atoms with Gasteiger partial charge < -0.3 is 5.11 Å². The monoisotopic (exact) mass is 332 g/mol. The number of thiophene rings is 1. The van der Waals surface area contributed by atoms with E-state index in [4.69, 9.17) is 28.3 Å². The topological polar surface area (TPSA) is 62.2 Å². The summed E-state index contributed by atoms with van der Waals surface area (Å²) in [7, 11) is 0. The summed E-state index contributed by atoms with van der Waals surface area (Å²) in [5.74, 6) is 4.83. The van der Waals surface area contributed by atoms with E-state index in [2.05, 4.69) is 22.1 Å². The van der Waals surface area contributed by atoms with Crippen molar-refractivity contribution in [3.05, 3.63) is 31.4 Å². The lowest BCUT2D eigenvalue weighted by Gasteiger charge is -1.98. The highest BCUT2D eigenvalue weighted by atomic mass is 35.5. The smallest absolute Gasteiger partial charge is 0.259 e. The van der Waals surface area contributed by atoms with Crippen LogP contribution < -0.4 is 5.32 Å². The van der Waals surface area contributed by atoms with Gasteiger partial charge in [0.05, 0.1) is 21.0 Å². The van der Waals surface area contributed by atoms with Crippen molar-refractivity contribution in [2.45, 2.75) is 0 Å². The number of amides is 1. The molecule has 2 aromatic heterocycles. The summed E-state index contributed by atoms with van der Waals surface area (Å²) in [5.41, 5.74) is 0.315. The largest absolute Gasteiger partial charge is 0.384 e. The Morgan fingerprint density at radius 2 is 2.26 bits per heavy atom. The summed E-state index contributed by atoms with van der Waals surface area (Å²) in [6.45, 7) is -0.220. The maximum Gasteiger partial charge on any atom is 0.259 e. The highest BCUT2D eigenvalue weighted by Crippen LogP contribution is 2.31. The molecule has 0 bridgehead atoms. The number of carbonyl (C=O) groups is 1. The Hall–Kier alpha value is -1.10. The van der Waals surface area contributed by atoms with E-state index in [0.717, 1.165) is 11.3 Å². The molecule has 0 aliphatic heterocycles. The number of hydrogen-bond acceptors (Lipinski definition) is 5. The minimum absolute atomic E-state index is 0.220. The molecule has 0 saturated heterocycles. The number of halogens is 2. The van der Waals surface area contributed by atoms with Crippen molar-refractivity contribution in [1.29, 1.82) is 0 Å². The third-order valence-electron chi connectivity index (χ3n) is 1.92. The first-order valence-electron chi connectivity index (χ1n) is 4.92. The number of anilines is 1. The molecule has 0 spiro atoms. The van der Waals surface area contributed by atoms with E-state index in [-0.39, 0.29) is 12.5 Å². The zero-order valence-electron chi connectivity index (χ0n) is 9.24. The molecule has 2 aromatic rings. The van der Waals surface area contributed by atoms with Crippen LogP contribution in [0.2, 0.25) is 8.67 Å². The summed E-state index contributed by atoms with van der Waals surface area (Å²) in [4.78, 5) is 16.6. The molecule has 1 amide bonds. The molecule has 8 heteroatoms. The predicted octanol–water partition coefficient (Wildman–Crippen LogP) is 3.11. The number of carbonyl (C=O) groups excluding carboxylic acids is 1. The second-order valence-electron chi connectivity index (χ2n) is 3.18. The van der Waals surface area contributed by atoms with Gasteiger partial charge in [-0.1, -0.05) is 46.4 Å². The number of thiazole rings is 1. The normalized spacial score (nSPS) is 9.84. The van der Waals surface area contributed by atoms with Gasteiger partial charge in [0.2, 0.25) is 0 Å². The van der Waals surface area contributed by atoms with Crippen LogP contribution in [0.4, 0.5) is 5.13 Å². The van der Waals surface area contributed by atoms with Gasteiger partial charge in [-0.25, -0.2) is 4.98 Å². The van der Waals surface area contributed by atoms with Crippen LogP contribution in [0.5, 0.6) is 0 Å². The van der Waals surface area contributed by atoms with Crippen LogP contribution in [0.3, 0.4) is 0 Å². The summed E-state index contributed by atoms with van der Waals surface area (Å²) in [6, 6.07) is 1.50. The molecule has 0 radical (unpaired) electrons. The first kappa shape index (κ1) is 14.3. The molecule has 0 saturated carbocycles. The number of aromatic nitrogens is 1. The molecule has 0 aromatic carbocycles. The Morgan fingerprint density at radius 3 is 2.89 bits per heavy atom. The molecule has 2 N–H and O–H groups in total. The van der Waals surface area contributed by atoms with E-state index in [1.54, 1.807) is 0 Å². The Kier molecular flexibility index (Phi) is 4.80. The third-order valence-corrected chi connectivity index (χ3v) is 4.23. The lowest BCUT2D eigenvalue weighted by atomic mass is 10.3. The predicted molar refractivity (Wildman–Crippen MR) is 78.4 cm³/mol. The van der Waals surface area contributed by atoms with E-state index in [1.807, 2.05) is 0 Å². The summed E-state index contributed by atoms with van der Waals surface area (Å²) < 4.78 is 0.781. The number of rotatable bonds is 2. The van der Waals surface area contributed by atoms with Gasteiger partial charge in [0.1, 0.15) is 10.9 Å². The van der Waals surface area contributed by atoms with E-state index >= 15 is 0 Å². The molecule has 4 nitrogen and oxygen atoms in total. The van der Waals surface area contributed by atoms with Gasteiger partial charge in [0.15, 0.2) is 5.13 Å². The second kappa shape index (κ2) is 6.37. The highest BCUT2D eigenvalue weighted by molar-refractivity contribution is 7.20. The molecule has 0 atom stereocenters. The summed E-state index contributed by atoms with van der Waals surface area (Å²) >= 11 is 14.0. The molecule has 98 valence electrons. The van der Waals surface area contributed by atoms with Crippen LogP contribution in [0.1, 0.15) is 15.2 Å². The van der Waals surface area contributed by atoms with Crippen molar-refractivity contribution in [2.75, 3.05) is 11.9 Å². The minimum Gasteiger partial charge on any atom is -0.384 e. The summed E-state index contributed by atoms with van der Waals surface area (Å²) in [6.07, 6.45) is 1.52. The van der Waals surface area contributed by atoms with Gasteiger partial charge in [-0.05, 0) is 6.07 Å². The number of nitrogens with one attached hydrogen (secondary N) is 1. The fourth-order valence-corrected chi connectivity index (χ4v) is 3.32. The van der Waals surface area contributed by atoms with Crippen molar-refractivity contribution < 1.29 is 9.90 Å².